The third-order valence-electron chi connectivity index (χ3n) is 4.04. The number of amides is 1. The van der Waals surface area contributed by atoms with Gasteiger partial charge in [0.2, 0.25) is 5.91 Å². The largest absolute Gasteiger partial charge is 0.296 e. The van der Waals surface area contributed by atoms with Gasteiger partial charge in [0.25, 0.3) is 5.56 Å². The van der Waals surface area contributed by atoms with Gasteiger partial charge < -0.3 is 0 Å². The minimum absolute atomic E-state index is 0.103. The minimum Gasteiger partial charge on any atom is -0.283 e. The van der Waals surface area contributed by atoms with E-state index in [1.54, 1.807) is 16.4 Å². The lowest BCUT2D eigenvalue weighted by molar-refractivity contribution is -0.116. The van der Waals surface area contributed by atoms with E-state index in [0.29, 0.717) is 22.1 Å². The molecular weight excluding hydrogens is 330 g/mol. The molecule has 23 heavy (non-hydrogen) atoms. The zero-order chi connectivity index (χ0) is 16.7. The van der Waals surface area contributed by atoms with E-state index >= 15 is 0 Å². The van der Waals surface area contributed by atoms with Gasteiger partial charge in [-0.3, -0.25) is 19.2 Å². The maximum Gasteiger partial charge on any atom is 0.296 e. The highest BCUT2D eigenvalue weighted by Gasteiger charge is 2.40. The Balaban J connectivity index is 2.18. The summed E-state index contributed by atoms with van der Waals surface area (Å²) in [7, 11) is 1.81. The summed E-state index contributed by atoms with van der Waals surface area (Å²) in [6.07, 6.45) is 0.693. The van der Waals surface area contributed by atoms with Crippen molar-refractivity contribution in [3.8, 4) is 5.69 Å². The smallest absolute Gasteiger partial charge is 0.283 e. The van der Waals surface area contributed by atoms with Crippen molar-refractivity contribution in [1.82, 2.24) is 9.36 Å². The highest BCUT2D eigenvalue weighted by molar-refractivity contribution is 8.25. The lowest BCUT2D eigenvalue weighted by Gasteiger charge is -2.13. The van der Waals surface area contributed by atoms with Gasteiger partial charge in [0.05, 0.1) is 16.6 Å². The van der Waals surface area contributed by atoms with Crippen molar-refractivity contribution in [2.24, 2.45) is 7.05 Å². The monoisotopic (exact) mass is 347 g/mol. The zero-order valence-electron chi connectivity index (χ0n) is 13.1. The van der Waals surface area contributed by atoms with Crippen LogP contribution >= 0.6 is 24.0 Å². The molecule has 1 unspecified atom stereocenters. The molecule has 1 aliphatic rings. The number of thiocarbonyl (C=S) groups is 1. The molecule has 2 heterocycles. The molecule has 2 aromatic rings. The van der Waals surface area contributed by atoms with Gasteiger partial charge >= 0.3 is 0 Å². The number of thioether (sulfide) groups is 1. The maximum absolute atomic E-state index is 13.0. The van der Waals surface area contributed by atoms with Crippen LogP contribution in [0.15, 0.2) is 35.1 Å². The standard InChI is InChI=1S/C16H17N3O2S2/c1-4-12-14(20)18(16(22)23-12)13-10(2)17(3)19(15(13)21)11-8-6-5-7-9-11/h5-9,12H,4H2,1-3H3. The Hall–Kier alpha value is -1.86. The molecule has 0 radical (unpaired) electrons. The third-order valence-corrected chi connectivity index (χ3v) is 5.71. The zero-order valence-corrected chi connectivity index (χ0v) is 14.8. The quantitative estimate of drug-likeness (QED) is 0.801. The second-order valence-electron chi connectivity index (χ2n) is 5.36. The van der Waals surface area contributed by atoms with Crippen LogP contribution in [0.3, 0.4) is 0 Å². The summed E-state index contributed by atoms with van der Waals surface area (Å²) < 4.78 is 3.77. The minimum atomic E-state index is -0.232. The Bertz CT molecular complexity index is 839. The summed E-state index contributed by atoms with van der Waals surface area (Å²) >= 11 is 6.70. The number of aromatic nitrogens is 2. The number of anilines is 1. The highest BCUT2D eigenvalue weighted by atomic mass is 32.2. The Morgan fingerprint density at radius 1 is 1.22 bits per heavy atom. The average molecular weight is 347 g/mol. The van der Waals surface area contributed by atoms with Crippen molar-refractivity contribution < 1.29 is 4.79 Å². The topological polar surface area (TPSA) is 47.2 Å². The van der Waals surface area contributed by atoms with E-state index in [1.807, 2.05) is 44.2 Å². The SMILES string of the molecule is CCC1SC(=S)N(c2c(C)n(C)n(-c3ccccc3)c2=O)C1=O. The first-order chi connectivity index (χ1) is 11.0. The second kappa shape index (κ2) is 5.98. The molecule has 1 aliphatic heterocycles. The van der Waals surface area contributed by atoms with Crippen LogP contribution in [-0.4, -0.2) is 24.8 Å². The summed E-state index contributed by atoms with van der Waals surface area (Å²) in [6, 6.07) is 9.36. The number of para-hydroxylation sites is 1. The third kappa shape index (κ3) is 2.44. The Labute approximate surface area is 143 Å². The van der Waals surface area contributed by atoms with Crippen LogP contribution in [0.1, 0.15) is 19.0 Å². The summed E-state index contributed by atoms with van der Waals surface area (Å²) in [5, 5.41) is -0.202. The Morgan fingerprint density at radius 3 is 2.43 bits per heavy atom. The van der Waals surface area contributed by atoms with Gasteiger partial charge in [0, 0.05) is 7.05 Å². The predicted molar refractivity (Wildman–Crippen MR) is 97.5 cm³/mol. The number of carbonyl (C=O) groups is 1. The molecule has 1 fully saturated rings. The van der Waals surface area contributed by atoms with Crippen LogP contribution in [0.4, 0.5) is 5.69 Å². The van der Waals surface area contributed by atoms with Crippen LogP contribution in [-0.2, 0) is 11.8 Å². The van der Waals surface area contributed by atoms with Gasteiger partial charge in [0.15, 0.2) is 0 Å². The predicted octanol–water partition coefficient (Wildman–Crippen LogP) is 2.63. The van der Waals surface area contributed by atoms with Gasteiger partial charge in [-0.05, 0) is 25.5 Å². The highest BCUT2D eigenvalue weighted by Crippen LogP contribution is 2.33. The van der Waals surface area contributed by atoms with Crippen molar-refractivity contribution >= 4 is 39.9 Å². The number of hydrogen-bond donors (Lipinski definition) is 0. The molecule has 0 bridgehead atoms. The molecule has 1 saturated heterocycles. The molecule has 5 nitrogen and oxygen atoms in total. The molecule has 0 saturated carbocycles. The molecule has 0 N–H and O–H groups in total. The van der Waals surface area contributed by atoms with Crippen LogP contribution < -0.4 is 10.5 Å². The van der Waals surface area contributed by atoms with Gasteiger partial charge in [-0.1, -0.05) is 49.1 Å². The van der Waals surface area contributed by atoms with Gasteiger partial charge in [-0.15, -0.1) is 0 Å². The first-order valence-electron chi connectivity index (χ1n) is 7.36. The number of nitrogens with zero attached hydrogens (tertiary/aromatic N) is 3. The summed E-state index contributed by atoms with van der Waals surface area (Å²) in [5.41, 5.74) is 1.59. The number of rotatable bonds is 3. The van der Waals surface area contributed by atoms with Gasteiger partial charge in [-0.2, -0.15) is 0 Å². The van der Waals surface area contributed by atoms with Crippen LogP contribution in [0.25, 0.3) is 5.69 Å². The fraction of sp³-hybridized carbons (Fsp3) is 0.312. The lowest BCUT2D eigenvalue weighted by atomic mass is 10.2. The molecular formula is C16H17N3O2S2. The van der Waals surface area contributed by atoms with E-state index in [1.165, 1.54) is 16.7 Å². The van der Waals surface area contributed by atoms with E-state index in [9.17, 15) is 9.59 Å². The van der Waals surface area contributed by atoms with Gasteiger partial charge in [-0.25, -0.2) is 4.68 Å². The van der Waals surface area contributed by atoms with Crippen molar-refractivity contribution in [3.05, 3.63) is 46.4 Å². The fourth-order valence-corrected chi connectivity index (χ4v) is 4.16. The van der Waals surface area contributed by atoms with E-state index < -0.39 is 0 Å². The molecule has 0 aliphatic carbocycles. The number of benzene rings is 1. The first kappa shape index (κ1) is 16.0. The van der Waals surface area contributed by atoms with Crippen molar-refractivity contribution in [3.63, 3.8) is 0 Å². The summed E-state index contributed by atoms with van der Waals surface area (Å²) in [4.78, 5) is 26.9. The van der Waals surface area contributed by atoms with Gasteiger partial charge in [0.1, 0.15) is 10.0 Å². The van der Waals surface area contributed by atoms with E-state index in [4.69, 9.17) is 12.2 Å². The lowest BCUT2D eigenvalue weighted by Crippen LogP contribution is -2.35. The van der Waals surface area contributed by atoms with E-state index in [2.05, 4.69) is 0 Å². The first-order valence-corrected chi connectivity index (χ1v) is 8.64. The number of carbonyl (C=O) groups excluding carboxylic acids is 1. The number of hydrogen-bond acceptors (Lipinski definition) is 4. The van der Waals surface area contributed by atoms with E-state index in [-0.39, 0.29) is 16.7 Å². The van der Waals surface area contributed by atoms with Crippen LogP contribution in [0.2, 0.25) is 0 Å². The molecule has 1 aromatic carbocycles. The maximum atomic E-state index is 13.0. The Morgan fingerprint density at radius 2 is 1.87 bits per heavy atom. The van der Waals surface area contributed by atoms with Crippen LogP contribution in [0, 0.1) is 6.92 Å². The van der Waals surface area contributed by atoms with Crippen molar-refractivity contribution in [2.75, 3.05) is 4.90 Å². The average Bonchev–Trinajstić information content (AvgIpc) is 2.94. The Kier molecular flexibility index (Phi) is 4.16. The molecule has 0 spiro atoms. The van der Waals surface area contributed by atoms with E-state index in [0.717, 1.165) is 5.69 Å². The molecule has 7 heteroatoms. The molecule has 1 aromatic heterocycles. The summed E-state index contributed by atoms with van der Waals surface area (Å²) in [5.74, 6) is -0.103. The normalized spacial score (nSPS) is 18.0. The van der Waals surface area contributed by atoms with Crippen LogP contribution in [0.5, 0.6) is 0 Å². The molecule has 1 atom stereocenters. The molecule has 3 rings (SSSR count). The summed E-state index contributed by atoms with van der Waals surface area (Å²) in [6.45, 7) is 3.78. The second-order valence-corrected chi connectivity index (χ2v) is 7.20. The molecule has 120 valence electrons. The van der Waals surface area contributed by atoms with Crippen molar-refractivity contribution in [2.45, 2.75) is 25.5 Å². The van der Waals surface area contributed by atoms with Crippen molar-refractivity contribution in [1.29, 1.82) is 0 Å². The molecule has 1 amide bonds. The fourth-order valence-electron chi connectivity index (χ4n) is 2.73.